The van der Waals surface area contributed by atoms with Crippen LogP contribution in [0.3, 0.4) is 0 Å². The third-order valence-electron chi connectivity index (χ3n) is 3.62. The molecule has 2 heterocycles. The number of allylic oxidation sites excluding steroid dienone is 1. The lowest BCUT2D eigenvalue weighted by atomic mass is 10.2. The van der Waals surface area contributed by atoms with Crippen molar-refractivity contribution >= 4 is 35.0 Å². The lowest BCUT2D eigenvalue weighted by molar-refractivity contribution is -0.386. The molecule has 2 amide bonds. The van der Waals surface area contributed by atoms with Gasteiger partial charge in [0.2, 0.25) is 0 Å². The second kappa shape index (κ2) is 7.24. The number of anilines is 1. The molecule has 1 aromatic carbocycles. The van der Waals surface area contributed by atoms with Crippen molar-refractivity contribution in [3.05, 3.63) is 62.7 Å². The molecule has 28 heavy (non-hydrogen) atoms. The minimum absolute atomic E-state index is 0.220. The first-order chi connectivity index (χ1) is 13.2. The molecule has 1 aromatic heterocycles. The van der Waals surface area contributed by atoms with E-state index in [9.17, 15) is 24.1 Å². The number of ether oxygens (including phenoxy) is 2. The van der Waals surface area contributed by atoms with Gasteiger partial charge in [0, 0.05) is 18.3 Å². The molecule has 0 unspecified atom stereocenters. The van der Waals surface area contributed by atoms with Crippen molar-refractivity contribution in [3.8, 4) is 11.6 Å². The van der Waals surface area contributed by atoms with E-state index in [2.05, 4.69) is 4.98 Å². The SMILES string of the molecule is CC(C)=C1OC(=O)N(c2cc(Oc3ncccc3[N+](=O)[O-])c(Cl)cc2F)C1=O. The van der Waals surface area contributed by atoms with Crippen LogP contribution in [0, 0.1) is 15.9 Å². The van der Waals surface area contributed by atoms with Crippen molar-refractivity contribution in [2.24, 2.45) is 0 Å². The Balaban J connectivity index is 2.06. The molecule has 0 bridgehead atoms. The lowest BCUT2D eigenvalue weighted by Crippen LogP contribution is -2.29. The quantitative estimate of drug-likeness (QED) is 0.420. The molecule has 1 fully saturated rings. The monoisotopic (exact) mass is 407 g/mol. The van der Waals surface area contributed by atoms with E-state index in [4.69, 9.17) is 21.1 Å². The number of carbonyl (C=O) groups excluding carboxylic acids is 2. The maximum absolute atomic E-state index is 14.4. The van der Waals surface area contributed by atoms with Gasteiger partial charge >= 0.3 is 17.7 Å². The highest BCUT2D eigenvalue weighted by molar-refractivity contribution is 6.32. The number of nitro groups is 1. The number of rotatable bonds is 4. The van der Waals surface area contributed by atoms with Gasteiger partial charge in [-0.15, -0.1) is 0 Å². The third kappa shape index (κ3) is 3.37. The van der Waals surface area contributed by atoms with E-state index in [-0.39, 0.29) is 16.5 Å². The van der Waals surface area contributed by atoms with Gasteiger partial charge in [0.15, 0.2) is 11.5 Å². The normalized spacial score (nSPS) is 13.6. The number of nitrogens with zero attached hydrogens (tertiary/aromatic N) is 3. The number of imide groups is 1. The third-order valence-corrected chi connectivity index (χ3v) is 3.92. The largest absolute Gasteiger partial charge is 0.432 e. The summed E-state index contributed by atoms with van der Waals surface area (Å²) >= 11 is 5.95. The molecule has 1 saturated heterocycles. The molecule has 0 saturated carbocycles. The smallest absolute Gasteiger partial charge is 0.427 e. The van der Waals surface area contributed by atoms with Crippen LogP contribution in [-0.4, -0.2) is 21.9 Å². The summed E-state index contributed by atoms with van der Waals surface area (Å²) < 4.78 is 24.6. The van der Waals surface area contributed by atoms with Gasteiger partial charge in [-0.05, 0) is 31.6 Å². The molecule has 0 atom stereocenters. The van der Waals surface area contributed by atoms with Crippen molar-refractivity contribution in [1.29, 1.82) is 0 Å². The van der Waals surface area contributed by atoms with Crippen molar-refractivity contribution < 1.29 is 28.4 Å². The lowest BCUT2D eigenvalue weighted by Gasteiger charge is -2.14. The molecule has 0 spiro atoms. The predicted octanol–water partition coefficient (Wildman–Crippen LogP) is 4.35. The molecule has 0 N–H and O–H groups in total. The number of hydrogen-bond donors (Lipinski definition) is 0. The summed E-state index contributed by atoms with van der Waals surface area (Å²) in [5.41, 5.74) is -0.507. The van der Waals surface area contributed by atoms with Gasteiger partial charge in [-0.1, -0.05) is 11.6 Å². The number of pyridine rings is 1. The zero-order valence-corrected chi connectivity index (χ0v) is 15.2. The summed E-state index contributed by atoms with van der Waals surface area (Å²) in [4.78, 5) is 39.0. The van der Waals surface area contributed by atoms with Crippen LogP contribution in [0.2, 0.25) is 5.02 Å². The molecule has 11 heteroatoms. The van der Waals surface area contributed by atoms with Crippen molar-refractivity contribution in [2.45, 2.75) is 13.8 Å². The van der Waals surface area contributed by atoms with Gasteiger partial charge < -0.3 is 9.47 Å². The first kappa shape index (κ1) is 19.2. The topological polar surface area (TPSA) is 112 Å². The number of benzene rings is 1. The number of halogens is 2. The van der Waals surface area contributed by atoms with E-state index >= 15 is 0 Å². The van der Waals surface area contributed by atoms with Crippen LogP contribution < -0.4 is 9.64 Å². The Morgan fingerprint density at radius 3 is 2.68 bits per heavy atom. The number of carbonyl (C=O) groups is 2. The van der Waals surface area contributed by atoms with Crippen LogP contribution in [0.25, 0.3) is 0 Å². The minimum atomic E-state index is -1.10. The summed E-state index contributed by atoms with van der Waals surface area (Å²) in [5.74, 6) is -2.71. The molecular formula is C17H11ClFN3O6. The average molecular weight is 408 g/mol. The van der Waals surface area contributed by atoms with Crippen LogP contribution in [0.4, 0.5) is 20.6 Å². The Kier molecular flexibility index (Phi) is 4.97. The fourth-order valence-electron chi connectivity index (χ4n) is 2.36. The van der Waals surface area contributed by atoms with Gasteiger partial charge in [0.1, 0.15) is 5.82 Å². The van der Waals surface area contributed by atoms with Crippen LogP contribution in [0.1, 0.15) is 13.8 Å². The van der Waals surface area contributed by atoms with E-state index in [1.54, 1.807) is 13.8 Å². The molecule has 1 aliphatic heterocycles. The van der Waals surface area contributed by atoms with E-state index < -0.39 is 40.0 Å². The summed E-state index contributed by atoms with van der Waals surface area (Å²) in [7, 11) is 0. The Bertz CT molecular complexity index is 1050. The summed E-state index contributed by atoms with van der Waals surface area (Å²) in [6.45, 7) is 3.11. The zero-order chi connectivity index (χ0) is 20.6. The number of amides is 2. The molecule has 144 valence electrons. The predicted molar refractivity (Wildman–Crippen MR) is 94.7 cm³/mol. The summed E-state index contributed by atoms with van der Waals surface area (Å²) in [6.07, 6.45) is 0.153. The van der Waals surface area contributed by atoms with Gasteiger partial charge in [-0.3, -0.25) is 14.9 Å². The van der Waals surface area contributed by atoms with Crippen LogP contribution in [0.15, 0.2) is 41.8 Å². The first-order valence-corrected chi connectivity index (χ1v) is 8.08. The highest BCUT2D eigenvalue weighted by Gasteiger charge is 2.40. The van der Waals surface area contributed by atoms with E-state index in [1.165, 1.54) is 12.3 Å². The zero-order valence-electron chi connectivity index (χ0n) is 14.4. The summed E-state index contributed by atoms with van der Waals surface area (Å²) in [5, 5.41) is 10.8. The van der Waals surface area contributed by atoms with E-state index in [0.717, 1.165) is 18.2 Å². The van der Waals surface area contributed by atoms with Crippen LogP contribution in [-0.2, 0) is 9.53 Å². The molecule has 9 nitrogen and oxygen atoms in total. The molecule has 2 aromatic rings. The molecule has 0 radical (unpaired) electrons. The second-order valence-electron chi connectivity index (χ2n) is 5.76. The Hall–Kier alpha value is -3.53. The second-order valence-corrected chi connectivity index (χ2v) is 6.17. The molecule has 1 aliphatic rings. The number of cyclic esters (lactones) is 1. The van der Waals surface area contributed by atoms with Crippen molar-refractivity contribution in [2.75, 3.05) is 4.90 Å². The molecule has 3 rings (SSSR count). The fourth-order valence-corrected chi connectivity index (χ4v) is 2.55. The Labute approximate surface area is 162 Å². The van der Waals surface area contributed by atoms with Gasteiger partial charge in [0.05, 0.1) is 15.6 Å². The highest BCUT2D eigenvalue weighted by atomic mass is 35.5. The minimum Gasteiger partial charge on any atom is -0.432 e. The highest BCUT2D eigenvalue weighted by Crippen LogP contribution is 2.39. The van der Waals surface area contributed by atoms with E-state index in [0.29, 0.717) is 10.5 Å². The van der Waals surface area contributed by atoms with E-state index in [1.807, 2.05) is 0 Å². The van der Waals surface area contributed by atoms with Crippen molar-refractivity contribution in [1.82, 2.24) is 4.98 Å². The van der Waals surface area contributed by atoms with Crippen LogP contribution >= 0.6 is 11.6 Å². The average Bonchev–Trinajstić information content (AvgIpc) is 2.92. The van der Waals surface area contributed by atoms with Gasteiger partial charge in [-0.25, -0.2) is 19.1 Å². The van der Waals surface area contributed by atoms with Gasteiger partial charge in [0.25, 0.3) is 5.88 Å². The Morgan fingerprint density at radius 1 is 1.36 bits per heavy atom. The fraction of sp³-hybridized carbons (Fsp3) is 0.118. The van der Waals surface area contributed by atoms with Crippen molar-refractivity contribution in [3.63, 3.8) is 0 Å². The number of aromatic nitrogens is 1. The maximum atomic E-state index is 14.4. The molecule has 0 aliphatic carbocycles. The first-order valence-electron chi connectivity index (χ1n) is 7.70. The van der Waals surface area contributed by atoms with Crippen LogP contribution in [0.5, 0.6) is 11.6 Å². The standard InChI is InChI=1S/C17H11ClFN3O6/c1-8(2)14-16(23)21(17(24)28-14)12-7-13(9(18)6-10(12)19)27-15-11(22(25)26)4-3-5-20-15/h3-7H,1-2H3. The number of hydrogen-bond acceptors (Lipinski definition) is 7. The molecular weight excluding hydrogens is 397 g/mol. The maximum Gasteiger partial charge on any atom is 0.427 e. The Morgan fingerprint density at radius 2 is 2.07 bits per heavy atom. The summed E-state index contributed by atoms with van der Waals surface area (Å²) in [6, 6.07) is 4.26. The van der Waals surface area contributed by atoms with Gasteiger partial charge in [-0.2, -0.15) is 0 Å².